The maximum absolute atomic E-state index is 6.11. The molecule has 1 aliphatic heterocycles. The van der Waals surface area contributed by atoms with Crippen molar-refractivity contribution in [3.05, 3.63) is 28.9 Å². The molecule has 1 aromatic carbocycles. The zero-order chi connectivity index (χ0) is 11.1. The number of hydrogen-bond acceptors (Lipinski definition) is 2. The van der Waals surface area contributed by atoms with Crippen molar-refractivity contribution >= 4 is 22.5 Å². The quantitative estimate of drug-likeness (QED) is 0.822. The van der Waals surface area contributed by atoms with Gasteiger partial charge < -0.3 is 5.32 Å². The molecule has 3 rings (SSSR count). The molecule has 16 heavy (non-hydrogen) atoms. The maximum atomic E-state index is 6.11. The number of halogens is 1. The van der Waals surface area contributed by atoms with Crippen LogP contribution in [0.5, 0.6) is 0 Å². The van der Waals surface area contributed by atoms with Gasteiger partial charge in [-0.3, -0.25) is 4.68 Å². The van der Waals surface area contributed by atoms with Crippen LogP contribution in [0.15, 0.2) is 18.2 Å². The van der Waals surface area contributed by atoms with Crippen LogP contribution in [0.25, 0.3) is 10.9 Å². The fourth-order valence-electron chi connectivity index (χ4n) is 2.57. The first-order valence-corrected chi connectivity index (χ1v) is 5.97. The average molecular weight is 236 g/mol. The van der Waals surface area contributed by atoms with Crippen molar-refractivity contribution in [1.82, 2.24) is 15.1 Å². The van der Waals surface area contributed by atoms with Gasteiger partial charge in [-0.25, -0.2) is 0 Å². The van der Waals surface area contributed by atoms with Gasteiger partial charge in [0.15, 0.2) is 5.15 Å². The molecule has 2 heterocycles. The van der Waals surface area contributed by atoms with Gasteiger partial charge >= 0.3 is 0 Å². The standard InChI is InChI=1S/C12H14ClN3/c1-16-11-9(8-5-6-14-7-8)3-2-4-10(11)12(13)15-16/h2-4,8,14H,5-7H2,1H3. The van der Waals surface area contributed by atoms with Crippen LogP contribution in [0, 0.1) is 0 Å². The van der Waals surface area contributed by atoms with Gasteiger partial charge in [-0.2, -0.15) is 5.10 Å². The largest absolute Gasteiger partial charge is 0.316 e. The Hall–Kier alpha value is -1.06. The summed E-state index contributed by atoms with van der Waals surface area (Å²) in [5, 5.41) is 9.35. The Labute approximate surface area is 99.4 Å². The lowest BCUT2D eigenvalue weighted by molar-refractivity contribution is 0.745. The first kappa shape index (κ1) is 10.1. The molecule has 2 aromatic rings. The first-order chi connectivity index (χ1) is 7.77. The van der Waals surface area contributed by atoms with Gasteiger partial charge in [-0.1, -0.05) is 23.7 Å². The Morgan fingerprint density at radius 3 is 3.12 bits per heavy atom. The predicted molar refractivity (Wildman–Crippen MR) is 66.0 cm³/mol. The molecule has 0 saturated carbocycles. The lowest BCUT2D eigenvalue weighted by atomic mass is 9.96. The Kier molecular flexibility index (Phi) is 2.37. The Morgan fingerprint density at radius 1 is 1.50 bits per heavy atom. The summed E-state index contributed by atoms with van der Waals surface area (Å²) >= 11 is 6.11. The number of nitrogens with one attached hydrogen (secondary N) is 1. The van der Waals surface area contributed by atoms with E-state index in [1.165, 1.54) is 17.5 Å². The Morgan fingerprint density at radius 2 is 2.38 bits per heavy atom. The summed E-state index contributed by atoms with van der Waals surface area (Å²) in [5.74, 6) is 0.593. The zero-order valence-electron chi connectivity index (χ0n) is 9.20. The average Bonchev–Trinajstić information content (AvgIpc) is 2.88. The van der Waals surface area contributed by atoms with Crippen LogP contribution in [0.4, 0.5) is 0 Å². The molecular weight excluding hydrogens is 222 g/mol. The second-order valence-electron chi connectivity index (χ2n) is 4.35. The molecule has 1 aromatic heterocycles. The lowest BCUT2D eigenvalue weighted by Gasteiger charge is -2.11. The normalized spacial score (nSPS) is 20.8. The second-order valence-corrected chi connectivity index (χ2v) is 4.71. The second kappa shape index (κ2) is 3.75. The molecule has 4 heteroatoms. The topological polar surface area (TPSA) is 29.9 Å². The summed E-state index contributed by atoms with van der Waals surface area (Å²) in [4.78, 5) is 0. The number of aryl methyl sites for hydroxylation is 1. The lowest BCUT2D eigenvalue weighted by Crippen LogP contribution is -2.08. The van der Waals surface area contributed by atoms with Gasteiger partial charge in [-0.15, -0.1) is 0 Å². The van der Waals surface area contributed by atoms with Gasteiger partial charge in [0.05, 0.1) is 5.52 Å². The fraction of sp³-hybridized carbons (Fsp3) is 0.417. The van der Waals surface area contributed by atoms with Crippen molar-refractivity contribution in [2.45, 2.75) is 12.3 Å². The minimum Gasteiger partial charge on any atom is -0.316 e. The van der Waals surface area contributed by atoms with Gasteiger partial charge in [-0.05, 0) is 30.5 Å². The molecule has 0 aliphatic carbocycles. The first-order valence-electron chi connectivity index (χ1n) is 5.59. The molecule has 1 aliphatic rings. The van der Waals surface area contributed by atoms with Crippen molar-refractivity contribution in [1.29, 1.82) is 0 Å². The molecule has 0 spiro atoms. The Balaban J connectivity index is 2.23. The van der Waals surface area contributed by atoms with Gasteiger partial charge in [0.2, 0.25) is 0 Å². The molecule has 0 radical (unpaired) electrons. The zero-order valence-corrected chi connectivity index (χ0v) is 9.96. The van der Waals surface area contributed by atoms with Crippen molar-refractivity contribution in [2.75, 3.05) is 13.1 Å². The van der Waals surface area contributed by atoms with E-state index < -0.39 is 0 Å². The third kappa shape index (κ3) is 1.43. The fourth-order valence-corrected chi connectivity index (χ4v) is 2.84. The number of hydrogen-bond donors (Lipinski definition) is 1. The molecule has 1 atom stereocenters. The van der Waals surface area contributed by atoms with Crippen molar-refractivity contribution in [3.8, 4) is 0 Å². The molecule has 84 valence electrons. The van der Waals surface area contributed by atoms with E-state index in [0.29, 0.717) is 11.1 Å². The monoisotopic (exact) mass is 235 g/mol. The van der Waals surface area contributed by atoms with E-state index in [9.17, 15) is 0 Å². The van der Waals surface area contributed by atoms with E-state index in [1.807, 2.05) is 17.8 Å². The van der Waals surface area contributed by atoms with Crippen molar-refractivity contribution in [2.24, 2.45) is 7.05 Å². The van der Waals surface area contributed by atoms with Gasteiger partial charge in [0.1, 0.15) is 0 Å². The minimum absolute atomic E-state index is 0.593. The number of nitrogens with zero attached hydrogens (tertiary/aromatic N) is 2. The highest BCUT2D eigenvalue weighted by molar-refractivity contribution is 6.34. The molecular formula is C12H14ClN3. The third-order valence-corrected chi connectivity index (χ3v) is 3.63. The third-order valence-electron chi connectivity index (χ3n) is 3.35. The maximum Gasteiger partial charge on any atom is 0.158 e. The van der Waals surface area contributed by atoms with Crippen LogP contribution >= 0.6 is 11.6 Å². The summed E-state index contributed by atoms with van der Waals surface area (Å²) in [6, 6.07) is 6.30. The highest BCUT2D eigenvalue weighted by atomic mass is 35.5. The summed E-state index contributed by atoms with van der Waals surface area (Å²) in [6.07, 6.45) is 1.20. The number of benzene rings is 1. The van der Waals surface area contributed by atoms with Crippen LogP contribution in [0.1, 0.15) is 17.9 Å². The molecule has 1 saturated heterocycles. The van der Waals surface area contributed by atoms with Crippen LogP contribution in [-0.4, -0.2) is 22.9 Å². The smallest absolute Gasteiger partial charge is 0.158 e. The van der Waals surface area contributed by atoms with Crippen LogP contribution in [0.2, 0.25) is 5.15 Å². The molecule has 1 fully saturated rings. The van der Waals surface area contributed by atoms with Crippen LogP contribution in [-0.2, 0) is 7.05 Å². The summed E-state index contributed by atoms with van der Waals surface area (Å²) in [7, 11) is 1.96. The summed E-state index contributed by atoms with van der Waals surface area (Å²) in [5.41, 5.74) is 2.55. The van der Waals surface area contributed by atoms with Crippen molar-refractivity contribution < 1.29 is 0 Å². The number of rotatable bonds is 1. The molecule has 0 bridgehead atoms. The van der Waals surface area contributed by atoms with Crippen LogP contribution in [0.3, 0.4) is 0 Å². The van der Waals surface area contributed by atoms with Crippen LogP contribution < -0.4 is 5.32 Å². The van der Waals surface area contributed by atoms with E-state index in [1.54, 1.807) is 0 Å². The van der Waals surface area contributed by atoms with E-state index >= 15 is 0 Å². The van der Waals surface area contributed by atoms with E-state index in [0.717, 1.165) is 18.5 Å². The van der Waals surface area contributed by atoms with Gasteiger partial charge in [0.25, 0.3) is 0 Å². The predicted octanol–water partition coefficient (Wildman–Crippen LogP) is 2.30. The summed E-state index contributed by atoms with van der Waals surface area (Å²) in [6.45, 7) is 2.16. The number of fused-ring (bicyclic) bond motifs is 1. The van der Waals surface area contributed by atoms with E-state index in [2.05, 4.69) is 22.5 Å². The highest BCUT2D eigenvalue weighted by Gasteiger charge is 2.21. The molecule has 3 nitrogen and oxygen atoms in total. The van der Waals surface area contributed by atoms with Crippen molar-refractivity contribution in [3.63, 3.8) is 0 Å². The molecule has 1 N–H and O–H groups in total. The van der Waals surface area contributed by atoms with E-state index in [4.69, 9.17) is 11.6 Å². The SMILES string of the molecule is Cn1nc(Cl)c2cccc(C3CCNC3)c21. The van der Waals surface area contributed by atoms with E-state index in [-0.39, 0.29) is 0 Å². The number of para-hydroxylation sites is 1. The Bertz CT molecular complexity index is 526. The number of aromatic nitrogens is 2. The molecule has 0 amide bonds. The summed E-state index contributed by atoms with van der Waals surface area (Å²) < 4.78 is 1.89. The molecule has 1 unspecified atom stereocenters. The minimum atomic E-state index is 0.593. The highest BCUT2D eigenvalue weighted by Crippen LogP contribution is 2.32. The van der Waals surface area contributed by atoms with Gasteiger partial charge in [0, 0.05) is 19.0 Å².